The maximum absolute atomic E-state index is 13.2. The Balaban J connectivity index is 1.63. The van der Waals surface area contributed by atoms with Gasteiger partial charge in [0.15, 0.2) is 0 Å². The smallest absolute Gasteiger partial charge is 0.253 e. The van der Waals surface area contributed by atoms with Crippen LogP contribution in [-0.4, -0.2) is 37.6 Å². The van der Waals surface area contributed by atoms with Crippen molar-refractivity contribution >= 4 is 17.5 Å². The van der Waals surface area contributed by atoms with Crippen molar-refractivity contribution in [2.75, 3.05) is 24.6 Å². The summed E-state index contributed by atoms with van der Waals surface area (Å²) in [6, 6.07) is 11.4. The van der Waals surface area contributed by atoms with Gasteiger partial charge in [-0.25, -0.2) is 4.39 Å². The molecule has 1 aliphatic rings. The highest BCUT2D eigenvalue weighted by Gasteiger charge is 2.28. The molecule has 0 aromatic heterocycles. The molecule has 0 saturated carbocycles. The minimum absolute atomic E-state index is 0.0343. The van der Waals surface area contributed by atoms with E-state index in [2.05, 4.69) is 5.32 Å². The van der Waals surface area contributed by atoms with Gasteiger partial charge in [-0.05, 0) is 55.3 Å². The number of nitrogens with zero attached hydrogens (tertiary/aromatic N) is 1. The Morgan fingerprint density at radius 1 is 1.23 bits per heavy atom. The third-order valence-corrected chi connectivity index (χ3v) is 4.51. The number of nitrogens with one attached hydrogen (secondary N) is 1. The summed E-state index contributed by atoms with van der Waals surface area (Å²) in [5.74, 6) is -0.943. The van der Waals surface area contributed by atoms with Gasteiger partial charge in [-0.2, -0.15) is 0 Å². The molecular formula is C20H21FN2O3. The molecule has 1 saturated heterocycles. The summed E-state index contributed by atoms with van der Waals surface area (Å²) in [6.07, 6.45) is -0.327. The summed E-state index contributed by atoms with van der Waals surface area (Å²) >= 11 is 0. The number of rotatable bonds is 4. The summed E-state index contributed by atoms with van der Waals surface area (Å²) < 4.78 is 18.7. The molecule has 3 rings (SSSR count). The Morgan fingerprint density at radius 2 is 2.04 bits per heavy atom. The maximum atomic E-state index is 13.2. The van der Waals surface area contributed by atoms with Crippen molar-refractivity contribution < 1.29 is 18.7 Å². The largest absolute Gasteiger partial charge is 0.365 e. The van der Waals surface area contributed by atoms with Gasteiger partial charge in [0.25, 0.3) is 11.8 Å². The molecule has 5 nitrogen and oxygen atoms in total. The summed E-state index contributed by atoms with van der Waals surface area (Å²) in [5, 5.41) is 2.73. The van der Waals surface area contributed by atoms with Gasteiger partial charge in [-0.3, -0.25) is 9.59 Å². The third-order valence-electron chi connectivity index (χ3n) is 4.51. The maximum Gasteiger partial charge on any atom is 0.253 e. The number of morpholine rings is 1. The molecule has 1 heterocycles. The molecular weight excluding hydrogens is 335 g/mol. The minimum Gasteiger partial charge on any atom is -0.365 e. The first-order valence-electron chi connectivity index (χ1n) is 8.47. The van der Waals surface area contributed by atoms with E-state index in [9.17, 15) is 14.0 Å². The molecule has 0 aliphatic carbocycles. The predicted molar refractivity (Wildman–Crippen MR) is 96.7 cm³/mol. The molecule has 1 fully saturated rings. The molecule has 0 spiro atoms. The molecule has 26 heavy (non-hydrogen) atoms. The van der Waals surface area contributed by atoms with Crippen LogP contribution in [0.25, 0.3) is 0 Å². The topological polar surface area (TPSA) is 58.6 Å². The molecule has 1 atom stereocenters. The highest BCUT2D eigenvalue weighted by Crippen LogP contribution is 2.21. The van der Waals surface area contributed by atoms with Gasteiger partial charge in [-0.15, -0.1) is 0 Å². The number of aryl methyl sites for hydroxylation is 2. The predicted octanol–water partition coefficient (Wildman–Crippen LogP) is 2.60. The van der Waals surface area contributed by atoms with Gasteiger partial charge >= 0.3 is 0 Å². The second-order valence-electron chi connectivity index (χ2n) is 6.43. The summed E-state index contributed by atoms with van der Waals surface area (Å²) in [7, 11) is 0. The number of benzene rings is 2. The van der Waals surface area contributed by atoms with Crippen LogP contribution in [0.15, 0.2) is 42.5 Å². The Kier molecular flexibility index (Phi) is 5.32. The van der Waals surface area contributed by atoms with Crippen LogP contribution >= 0.6 is 0 Å². The lowest BCUT2D eigenvalue weighted by Gasteiger charge is -2.33. The first kappa shape index (κ1) is 18.1. The molecule has 2 amide bonds. The average Bonchev–Trinajstić information content (AvgIpc) is 2.63. The van der Waals surface area contributed by atoms with E-state index in [0.29, 0.717) is 6.54 Å². The highest BCUT2D eigenvalue weighted by atomic mass is 19.1. The van der Waals surface area contributed by atoms with Crippen molar-refractivity contribution in [3.05, 3.63) is 65.0 Å². The van der Waals surface area contributed by atoms with Gasteiger partial charge in [0.05, 0.1) is 12.6 Å². The average molecular weight is 356 g/mol. The Labute approximate surface area is 151 Å². The van der Waals surface area contributed by atoms with Crippen molar-refractivity contribution in [3.8, 4) is 0 Å². The number of carbonyl (C=O) groups excluding carboxylic acids is 2. The lowest BCUT2D eigenvalue weighted by Crippen LogP contribution is -2.50. The fraction of sp³-hybridized carbons (Fsp3) is 0.300. The van der Waals surface area contributed by atoms with Crippen LogP contribution in [0.5, 0.6) is 0 Å². The Hall–Kier alpha value is -2.73. The number of hydrogen-bond acceptors (Lipinski definition) is 3. The molecule has 2 aromatic rings. The number of halogens is 1. The number of anilines is 1. The van der Waals surface area contributed by atoms with E-state index in [1.54, 1.807) is 11.0 Å². The molecule has 1 aliphatic heterocycles. The van der Waals surface area contributed by atoms with Crippen LogP contribution in [0.3, 0.4) is 0 Å². The third kappa shape index (κ3) is 4.08. The molecule has 1 unspecified atom stereocenters. The summed E-state index contributed by atoms with van der Waals surface area (Å²) in [4.78, 5) is 26.0. The van der Waals surface area contributed by atoms with Gasteiger partial charge in [-0.1, -0.05) is 12.1 Å². The van der Waals surface area contributed by atoms with Crippen LogP contribution in [0.4, 0.5) is 10.1 Å². The van der Waals surface area contributed by atoms with Crippen molar-refractivity contribution in [1.29, 1.82) is 0 Å². The van der Waals surface area contributed by atoms with Crippen LogP contribution in [0, 0.1) is 19.7 Å². The van der Waals surface area contributed by atoms with E-state index in [0.717, 1.165) is 16.8 Å². The molecule has 0 bridgehead atoms. The quantitative estimate of drug-likeness (QED) is 0.916. The van der Waals surface area contributed by atoms with Gasteiger partial charge in [0.2, 0.25) is 0 Å². The monoisotopic (exact) mass is 356 g/mol. The first-order chi connectivity index (χ1) is 12.4. The van der Waals surface area contributed by atoms with E-state index in [-0.39, 0.29) is 36.6 Å². The Bertz CT molecular complexity index is 838. The number of hydrogen-bond donors (Lipinski definition) is 1. The van der Waals surface area contributed by atoms with E-state index in [1.165, 1.54) is 18.2 Å². The fourth-order valence-electron chi connectivity index (χ4n) is 2.83. The van der Waals surface area contributed by atoms with Crippen LogP contribution < -0.4 is 10.2 Å². The molecule has 0 radical (unpaired) electrons. The van der Waals surface area contributed by atoms with E-state index >= 15 is 0 Å². The van der Waals surface area contributed by atoms with Crippen molar-refractivity contribution in [2.45, 2.75) is 20.0 Å². The van der Waals surface area contributed by atoms with Crippen molar-refractivity contribution in [2.24, 2.45) is 0 Å². The van der Waals surface area contributed by atoms with Gasteiger partial charge < -0.3 is 15.0 Å². The zero-order chi connectivity index (χ0) is 18.7. The Morgan fingerprint density at radius 3 is 2.77 bits per heavy atom. The first-order valence-corrected chi connectivity index (χ1v) is 8.47. The second kappa shape index (κ2) is 7.66. The minimum atomic E-state index is -0.460. The van der Waals surface area contributed by atoms with Crippen LogP contribution in [-0.2, 0) is 9.53 Å². The molecule has 136 valence electrons. The zero-order valence-electron chi connectivity index (χ0n) is 14.8. The number of ether oxygens (including phenoxy) is 1. The number of amides is 2. The molecule has 1 N–H and O–H groups in total. The van der Waals surface area contributed by atoms with E-state index in [4.69, 9.17) is 4.74 Å². The van der Waals surface area contributed by atoms with Gasteiger partial charge in [0, 0.05) is 17.8 Å². The van der Waals surface area contributed by atoms with Gasteiger partial charge in [0.1, 0.15) is 12.4 Å². The van der Waals surface area contributed by atoms with E-state index < -0.39 is 5.82 Å². The fourth-order valence-corrected chi connectivity index (χ4v) is 2.83. The zero-order valence-corrected chi connectivity index (χ0v) is 14.8. The van der Waals surface area contributed by atoms with E-state index in [1.807, 2.05) is 32.0 Å². The molecule has 6 heteroatoms. The van der Waals surface area contributed by atoms with Crippen molar-refractivity contribution in [3.63, 3.8) is 0 Å². The van der Waals surface area contributed by atoms with Crippen LogP contribution in [0.2, 0.25) is 0 Å². The standard InChI is InChI=1S/C20H21FN2O3/c1-13-6-7-17(8-14(13)2)23-11-18(26-12-19(23)24)10-22-20(25)15-4-3-5-16(21)9-15/h3-9,18H,10-12H2,1-2H3,(H,22,25). The number of carbonyl (C=O) groups is 2. The SMILES string of the molecule is Cc1ccc(N2CC(CNC(=O)c3cccc(F)c3)OCC2=O)cc1C. The normalized spacial score (nSPS) is 17.3. The lowest BCUT2D eigenvalue weighted by molar-refractivity contribution is -0.129. The summed E-state index contributed by atoms with van der Waals surface area (Å²) in [5.41, 5.74) is 3.34. The summed E-state index contributed by atoms with van der Waals surface area (Å²) in [6.45, 7) is 4.58. The van der Waals surface area contributed by atoms with Crippen LogP contribution in [0.1, 0.15) is 21.5 Å². The lowest BCUT2D eigenvalue weighted by atomic mass is 10.1. The van der Waals surface area contributed by atoms with Crippen molar-refractivity contribution in [1.82, 2.24) is 5.32 Å². The molecule has 2 aromatic carbocycles. The second-order valence-corrected chi connectivity index (χ2v) is 6.43. The highest BCUT2D eigenvalue weighted by molar-refractivity contribution is 5.95.